The molecule has 0 N–H and O–H groups in total. The number of carbonyl (C=O) groups excluding carboxylic acids is 1. The Labute approximate surface area is 85.7 Å². The van der Waals surface area contributed by atoms with Gasteiger partial charge in [0.2, 0.25) is 5.91 Å². The van der Waals surface area contributed by atoms with Gasteiger partial charge in [0, 0.05) is 19.0 Å². The van der Waals surface area contributed by atoms with Crippen LogP contribution >= 0.6 is 0 Å². The van der Waals surface area contributed by atoms with Crippen LogP contribution in [-0.4, -0.2) is 23.9 Å². The first-order chi connectivity index (χ1) is 6.88. The second-order valence-electron chi connectivity index (χ2n) is 5.17. The molecule has 0 aromatic rings. The van der Waals surface area contributed by atoms with Crippen LogP contribution in [0.2, 0.25) is 0 Å². The summed E-state index contributed by atoms with van der Waals surface area (Å²) in [5.74, 6) is 2.55. The zero-order valence-corrected chi connectivity index (χ0v) is 8.74. The van der Waals surface area contributed by atoms with E-state index in [0.29, 0.717) is 11.8 Å². The molecule has 3 rings (SSSR count). The van der Waals surface area contributed by atoms with Gasteiger partial charge in [-0.2, -0.15) is 0 Å². The maximum absolute atomic E-state index is 12.1. The Morgan fingerprint density at radius 3 is 2.21 bits per heavy atom. The summed E-state index contributed by atoms with van der Waals surface area (Å²) in [7, 11) is 0. The van der Waals surface area contributed by atoms with Crippen LogP contribution in [0, 0.1) is 17.8 Å². The topological polar surface area (TPSA) is 20.3 Å². The van der Waals surface area contributed by atoms with Gasteiger partial charge in [-0.25, -0.2) is 0 Å². The van der Waals surface area contributed by atoms with Crippen molar-refractivity contribution in [2.75, 3.05) is 13.1 Å². The number of hydrogen-bond acceptors (Lipinski definition) is 1. The minimum Gasteiger partial charge on any atom is -0.342 e. The van der Waals surface area contributed by atoms with Crippen LogP contribution < -0.4 is 0 Å². The molecular formula is C12H19NO. The lowest BCUT2D eigenvalue weighted by atomic mass is 10.1. The lowest BCUT2D eigenvalue weighted by Gasteiger charge is -2.27. The fourth-order valence-electron chi connectivity index (χ4n) is 3.51. The van der Waals surface area contributed by atoms with E-state index in [1.807, 2.05) is 0 Å². The highest BCUT2D eigenvalue weighted by molar-refractivity contribution is 5.82. The van der Waals surface area contributed by atoms with E-state index < -0.39 is 0 Å². The molecule has 78 valence electrons. The molecule has 0 bridgehead atoms. The molecule has 1 aliphatic heterocycles. The molecule has 0 unspecified atom stereocenters. The van der Waals surface area contributed by atoms with E-state index in [1.54, 1.807) is 0 Å². The van der Waals surface area contributed by atoms with Crippen molar-refractivity contribution in [2.45, 2.75) is 38.5 Å². The van der Waals surface area contributed by atoms with E-state index in [0.717, 1.165) is 24.9 Å². The summed E-state index contributed by atoms with van der Waals surface area (Å²) >= 11 is 0. The van der Waals surface area contributed by atoms with Gasteiger partial charge in [-0.1, -0.05) is 6.42 Å². The van der Waals surface area contributed by atoms with Gasteiger partial charge < -0.3 is 4.90 Å². The van der Waals surface area contributed by atoms with Crippen LogP contribution in [0.3, 0.4) is 0 Å². The van der Waals surface area contributed by atoms with Crippen LogP contribution in [0.15, 0.2) is 0 Å². The summed E-state index contributed by atoms with van der Waals surface area (Å²) in [4.78, 5) is 14.2. The Morgan fingerprint density at radius 1 is 0.929 bits per heavy atom. The van der Waals surface area contributed by atoms with Crippen molar-refractivity contribution in [1.82, 2.24) is 4.90 Å². The van der Waals surface area contributed by atoms with E-state index in [9.17, 15) is 4.79 Å². The predicted molar refractivity (Wildman–Crippen MR) is 54.8 cm³/mol. The molecule has 1 saturated heterocycles. The number of amides is 1. The summed E-state index contributed by atoms with van der Waals surface area (Å²) in [5, 5.41) is 0. The highest BCUT2D eigenvalue weighted by atomic mass is 16.2. The van der Waals surface area contributed by atoms with Crippen molar-refractivity contribution < 1.29 is 4.79 Å². The van der Waals surface area contributed by atoms with Crippen molar-refractivity contribution in [3.63, 3.8) is 0 Å². The van der Waals surface area contributed by atoms with Crippen molar-refractivity contribution in [1.29, 1.82) is 0 Å². The van der Waals surface area contributed by atoms with Crippen molar-refractivity contribution >= 4 is 5.91 Å². The smallest absolute Gasteiger partial charge is 0.226 e. The van der Waals surface area contributed by atoms with Crippen molar-refractivity contribution in [3.8, 4) is 0 Å². The molecule has 3 fully saturated rings. The number of piperidine rings is 1. The summed E-state index contributed by atoms with van der Waals surface area (Å²) in [6.07, 6.45) is 7.81. The van der Waals surface area contributed by atoms with E-state index in [2.05, 4.69) is 4.90 Å². The molecule has 14 heavy (non-hydrogen) atoms. The van der Waals surface area contributed by atoms with Gasteiger partial charge in [0.25, 0.3) is 0 Å². The van der Waals surface area contributed by atoms with Crippen LogP contribution in [-0.2, 0) is 4.79 Å². The third-order valence-electron chi connectivity index (χ3n) is 4.36. The molecule has 2 aliphatic carbocycles. The first-order valence-electron chi connectivity index (χ1n) is 6.17. The summed E-state index contributed by atoms with van der Waals surface area (Å²) in [5.41, 5.74) is 0. The Bertz CT molecular complexity index is 231. The Balaban J connectivity index is 1.60. The zero-order valence-electron chi connectivity index (χ0n) is 8.74. The fraction of sp³-hybridized carbons (Fsp3) is 0.917. The van der Waals surface area contributed by atoms with Gasteiger partial charge in [-0.3, -0.25) is 4.79 Å². The van der Waals surface area contributed by atoms with Crippen molar-refractivity contribution in [3.05, 3.63) is 0 Å². The second-order valence-corrected chi connectivity index (χ2v) is 5.17. The monoisotopic (exact) mass is 193 g/mol. The molecule has 0 radical (unpaired) electrons. The predicted octanol–water partition coefficient (Wildman–Crippen LogP) is 2.04. The highest BCUT2D eigenvalue weighted by Crippen LogP contribution is 2.58. The molecule has 1 heterocycles. The minimum atomic E-state index is 0.460. The van der Waals surface area contributed by atoms with Crippen LogP contribution in [0.5, 0.6) is 0 Å². The number of nitrogens with zero attached hydrogens (tertiary/aromatic N) is 1. The van der Waals surface area contributed by atoms with Gasteiger partial charge in [0.1, 0.15) is 0 Å². The van der Waals surface area contributed by atoms with Gasteiger partial charge in [-0.05, 0) is 43.9 Å². The standard InChI is InChI=1S/C12H19NO/c14-12(13-7-2-1-3-8-13)11-9-5-4-6-10(9)11/h9-11H,1-8H2/t9-,10-/m1/s1. The van der Waals surface area contributed by atoms with E-state index in [-0.39, 0.29) is 0 Å². The molecule has 3 aliphatic rings. The second kappa shape index (κ2) is 3.25. The van der Waals surface area contributed by atoms with Gasteiger partial charge >= 0.3 is 0 Å². The molecule has 0 aromatic carbocycles. The molecule has 1 amide bonds. The molecule has 2 nitrogen and oxygen atoms in total. The minimum absolute atomic E-state index is 0.460. The number of hydrogen-bond donors (Lipinski definition) is 0. The van der Waals surface area contributed by atoms with Gasteiger partial charge in [0.15, 0.2) is 0 Å². The summed E-state index contributed by atoms with van der Waals surface area (Å²) in [6, 6.07) is 0. The number of carbonyl (C=O) groups is 1. The number of likely N-dealkylation sites (tertiary alicyclic amines) is 1. The Kier molecular flexibility index (Phi) is 2.03. The van der Waals surface area contributed by atoms with E-state index in [4.69, 9.17) is 0 Å². The van der Waals surface area contributed by atoms with E-state index >= 15 is 0 Å². The fourth-order valence-corrected chi connectivity index (χ4v) is 3.51. The maximum atomic E-state index is 12.1. The first-order valence-corrected chi connectivity index (χ1v) is 6.17. The molecule has 0 aromatic heterocycles. The number of rotatable bonds is 1. The largest absolute Gasteiger partial charge is 0.342 e. The maximum Gasteiger partial charge on any atom is 0.226 e. The van der Waals surface area contributed by atoms with Gasteiger partial charge in [-0.15, -0.1) is 0 Å². The summed E-state index contributed by atoms with van der Waals surface area (Å²) < 4.78 is 0. The molecule has 2 atom stereocenters. The average Bonchev–Trinajstić information content (AvgIpc) is 2.72. The molecule has 2 heteroatoms. The number of fused-ring (bicyclic) bond motifs is 1. The van der Waals surface area contributed by atoms with E-state index in [1.165, 1.54) is 38.5 Å². The molecule has 2 saturated carbocycles. The van der Waals surface area contributed by atoms with Crippen LogP contribution in [0.4, 0.5) is 0 Å². The van der Waals surface area contributed by atoms with Crippen LogP contribution in [0.1, 0.15) is 38.5 Å². The SMILES string of the molecule is O=C(C1[C@@H]2CCC[C@@H]12)N1CCCCC1. The van der Waals surface area contributed by atoms with Crippen LogP contribution in [0.25, 0.3) is 0 Å². The zero-order chi connectivity index (χ0) is 9.54. The Morgan fingerprint density at radius 2 is 1.57 bits per heavy atom. The van der Waals surface area contributed by atoms with Gasteiger partial charge in [0.05, 0.1) is 0 Å². The highest BCUT2D eigenvalue weighted by Gasteiger charge is 2.57. The average molecular weight is 193 g/mol. The normalized spacial score (nSPS) is 40.9. The third-order valence-corrected chi connectivity index (χ3v) is 4.36. The first kappa shape index (κ1) is 8.75. The lowest BCUT2D eigenvalue weighted by molar-refractivity contribution is -0.134. The molecular weight excluding hydrogens is 174 g/mol. The Hall–Kier alpha value is -0.530. The van der Waals surface area contributed by atoms with Crippen molar-refractivity contribution in [2.24, 2.45) is 17.8 Å². The third kappa shape index (κ3) is 1.27. The quantitative estimate of drug-likeness (QED) is 0.624. The molecule has 0 spiro atoms. The summed E-state index contributed by atoms with van der Waals surface area (Å²) in [6.45, 7) is 2.07. The lowest BCUT2D eigenvalue weighted by Crippen LogP contribution is -2.37.